The smallest absolute Gasteiger partial charge is 0.328 e. The van der Waals surface area contributed by atoms with E-state index in [1.54, 1.807) is 6.08 Å². The van der Waals surface area contributed by atoms with Crippen LogP contribution < -0.4 is 5.32 Å². The Kier molecular flexibility index (Phi) is 3.11. The molecule has 3 heteroatoms. The van der Waals surface area contributed by atoms with Crippen LogP contribution in [-0.2, 0) is 4.79 Å². The minimum Gasteiger partial charge on any atom is -0.478 e. The third-order valence-electron chi connectivity index (χ3n) is 1.82. The number of carboxylic acid groups (broad SMARTS) is 1. The minimum atomic E-state index is -0.864. The standard InChI is InChI=1S/C8H13NO2/c10-8(11)5-4-7-3-1-2-6-9-7/h4-5,7,9H,1-3,6H2,(H,10,11)/b5-4+. The number of hydrogen-bond donors (Lipinski definition) is 2. The molecule has 3 nitrogen and oxygen atoms in total. The van der Waals surface area contributed by atoms with Gasteiger partial charge in [0.25, 0.3) is 0 Å². The minimum absolute atomic E-state index is 0.278. The van der Waals surface area contributed by atoms with Gasteiger partial charge in [0.05, 0.1) is 0 Å². The molecular formula is C8H13NO2. The Labute approximate surface area is 66.1 Å². The van der Waals surface area contributed by atoms with Crippen LogP contribution in [0.1, 0.15) is 19.3 Å². The quantitative estimate of drug-likeness (QED) is 0.579. The summed E-state index contributed by atoms with van der Waals surface area (Å²) in [5.41, 5.74) is 0. The second-order valence-corrected chi connectivity index (χ2v) is 2.75. The molecule has 1 rings (SSSR count). The van der Waals surface area contributed by atoms with Crippen molar-refractivity contribution in [3.8, 4) is 0 Å². The van der Waals surface area contributed by atoms with Gasteiger partial charge in [-0.25, -0.2) is 4.79 Å². The van der Waals surface area contributed by atoms with Crippen LogP contribution in [-0.4, -0.2) is 23.7 Å². The first-order chi connectivity index (χ1) is 5.29. The predicted molar refractivity (Wildman–Crippen MR) is 42.4 cm³/mol. The second kappa shape index (κ2) is 4.13. The summed E-state index contributed by atoms with van der Waals surface area (Å²) in [5, 5.41) is 11.6. The Hall–Kier alpha value is -0.830. The van der Waals surface area contributed by atoms with Gasteiger partial charge in [0.2, 0.25) is 0 Å². The lowest BCUT2D eigenvalue weighted by Crippen LogP contribution is -2.32. The first-order valence-corrected chi connectivity index (χ1v) is 3.93. The van der Waals surface area contributed by atoms with Crippen LogP contribution in [0, 0.1) is 0 Å². The van der Waals surface area contributed by atoms with Crippen LogP contribution in [0.2, 0.25) is 0 Å². The fourth-order valence-electron chi connectivity index (χ4n) is 1.24. The monoisotopic (exact) mass is 155 g/mol. The number of carbonyl (C=O) groups is 1. The Bertz CT molecular complexity index is 159. The van der Waals surface area contributed by atoms with Crippen molar-refractivity contribution in [3.63, 3.8) is 0 Å². The molecule has 0 bridgehead atoms. The molecule has 62 valence electrons. The highest BCUT2D eigenvalue weighted by Crippen LogP contribution is 2.07. The van der Waals surface area contributed by atoms with Crippen LogP contribution in [0.15, 0.2) is 12.2 Å². The zero-order valence-electron chi connectivity index (χ0n) is 6.42. The third-order valence-corrected chi connectivity index (χ3v) is 1.82. The van der Waals surface area contributed by atoms with Crippen LogP contribution in [0.3, 0.4) is 0 Å². The average molecular weight is 155 g/mol. The maximum absolute atomic E-state index is 10.1. The highest BCUT2D eigenvalue weighted by Gasteiger charge is 2.08. The van der Waals surface area contributed by atoms with E-state index in [1.165, 1.54) is 18.9 Å². The Morgan fingerprint density at radius 2 is 2.36 bits per heavy atom. The number of nitrogens with one attached hydrogen (secondary N) is 1. The van der Waals surface area contributed by atoms with Gasteiger partial charge in [-0.15, -0.1) is 0 Å². The van der Waals surface area contributed by atoms with E-state index in [4.69, 9.17) is 5.11 Å². The Morgan fingerprint density at radius 3 is 2.91 bits per heavy atom. The molecule has 0 aromatic carbocycles. The lowest BCUT2D eigenvalue weighted by Gasteiger charge is -2.19. The van der Waals surface area contributed by atoms with Crippen molar-refractivity contribution in [2.45, 2.75) is 25.3 Å². The molecule has 1 heterocycles. The largest absolute Gasteiger partial charge is 0.478 e. The van der Waals surface area contributed by atoms with E-state index < -0.39 is 5.97 Å². The van der Waals surface area contributed by atoms with Gasteiger partial charge in [-0.1, -0.05) is 12.5 Å². The van der Waals surface area contributed by atoms with E-state index in [-0.39, 0.29) is 6.04 Å². The lowest BCUT2D eigenvalue weighted by atomic mass is 10.0. The molecule has 1 fully saturated rings. The van der Waals surface area contributed by atoms with Gasteiger partial charge < -0.3 is 10.4 Å². The summed E-state index contributed by atoms with van der Waals surface area (Å²) in [5.74, 6) is -0.864. The SMILES string of the molecule is O=C(O)/C=C/C1CCCCN1. The van der Waals surface area contributed by atoms with Gasteiger partial charge in [0, 0.05) is 12.1 Å². The molecule has 1 saturated heterocycles. The first-order valence-electron chi connectivity index (χ1n) is 3.93. The Morgan fingerprint density at radius 1 is 1.55 bits per heavy atom. The van der Waals surface area contributed by atoms with Crippen molar-refractivity contribution in [2.75, 3.05) is 6.54 Å². The van der Waals surface area contributed by atoms with Crippen molar-refractivity contribution in [2.24, 2.45) is 0 Å². The molecular weight excluding hydrogens is 142 g/mol. The van der Waals surface area contributed by atoms with Gasteiger partial charge in [0.1, 0.15) is 0 Å². The molecule has 1 aliphatic heterocycles. The summed E-state index contributed by atoms with van der Waals surface area (Å²) < 4.78 is 0. The number of rotatable bonds is 2. The van der Waals surface area contributed by atoms with Crippen molar-refractivity contribution in [1.29, 1.82) is 0 Å². The topological polar surface area (TPSA) is 49.3 Å². The van der Waals surface area contributed by atoms with Crippen LogP contribution in [0.25, 0.3) is 0 Å². The summed E-state index contributed by atoms with van der Waals surface area (Å²) in [4.78, 5) is 10.1. The van der Waals surface area contributed by atoms with E-state index in [2.05, 4.69) is 5.32 Å². The number of carboxylic acids is 1. The molecule has 2 N–H and O–H groups in total. The van der Waals surface area contributed by atoms with Crippen LogP contribution in [0.4, 0.5) is 0 Å². The summed E-state index contributed by atoms with van der Waals surface area (Å²) in [7, 11) is 0. The molecule has 0 spiro atoms. The van der Waals surface area contributed by atoms with Gasteiger partial charge in [0.15, 0.2) is 0 Å². The van der Waals surface area contributed by atoms with E-state index in [1.807, 2.05) is 0 Å². The van der Waals surface area contributed by atoms with Gasteiger partial charge >= 0.3 is 5.97 Å². The van der Waals surface area contributed by atoms with Gasteiger partial charge in [-0.2, -0.15) is 0 Å². The molecule has 0 aromatic rings. The fraction of sp³-hybridized carbons (Fsp3) is 0.625. The predicted octanol–water partition coefficient (Wildman–Crippen LogP) is 0.769. The molecule has 11 heavy (non-hydrogen) atoms. The highest BCUT2D eigenvalue weighted by molar-refractivity contribution is 5.79. The number of aliphatic carboxylic acids is 1. The van der Waals surface area contributed by atoms with Crippen LogP contribution in [0.5, 0.6) is 0 Å². The summed E-state index contributed by atoms with van der Waals surface area (Å²) in [6, 6.07) is 0.278. The number of hydrogen-bond acceptors (Lipinski definition) is 2. The molecule has 0 radical (unpaired) electrons. The van der Waals surface area contributed by atoms with E-state index >= 15 is 0 Å². The molecule has 0 aliphatic carbocycles. The molecule has 1 atom stereocenters. The van der Waals surface area contributed by atoms with E-state index in [0.717, 1.165) is 13.0 Å². The summed E-state index contributed by atoms with van der Waals surface area (Å²) in [6.45, 7) is 1.01. The average Bonchev–Trinajstić information content (AvgIpc) is 2.03. The zero-order chi connectivity index (χ0) is 8.10. The Balaban J connectivity index is 2.29. The highest BCUT2D eigenvalue weighted by atomic mass is 16.4. The van der Waals surface area contributed by atoms with Gasteiger partial charge in [-0.05, 0) is 19.4 Å². The molecule has 1 aliphatic rings. The summed E-state index contributed by atoms with van der Waals surface area (Å²) in [6.07, 6.45) is 6.40. The summed E-state index contributed by atoms with van der Waals surface area (Å²) >= 11 is 0. The van der Waals surface area contributed by atoms with E-state index in [9.17, 15) is 4.79 Å². The van der Waals surface area contributed by atoms with Crippen molar-refractivity contribution in [1.82, 2.24) is 5.32 Å². The lowest BCUT2D eigenvalue weighted by molar-refractivity contribution is -0.131. The normalized spacial score (nSPS) is 25.6. The van der Waals surface area contributed by atoms with Crippen molar-refractivity contribution in [3.05, 3.63) is 12.2 Å². The van der Waals surface area contributed by atoms with E-state index in [0.29, 0.717) is 0 Å². The number of piperidine rings is 1. The maximum atomic E-state index is 10.1. The molecule has 0 aromatic heterocycles. The zero-order valence-corrected chi connectivity index (χ0v) is 6.42. The van der Waals surface area contributed by atoms with Crippen LogP contribution >= 0.6 is 0 Å². The molecule has 0 amide bonds. The first kappa shape index (κ1) is 8.27. The third kappa shape index (κ3) is 3.18. The maximum Gasteiger partial charge on any atom is 0.328 e. The molecule has 1 unspecified atom stereocenters. The second-order valence-electron chi connectivity index (χ2n) is 2.75. The van der Waals surface area contributed by atoms with Crippen molar-refractivity contribution >= 4 is 5.97 Å². The fourth-order valence-corrected chi connectivity index (χ4v) is 1.24. The van der Waals surface area contributed by atoms with Crippen molar-refractivity contribution < 1.29 is 9.90 Å². The molecule has 0 saturated carbocycles. The van der Waals surface area contributed by atoms with Gasteiger partial charge in [-0.3, -0.25) is 0 Å².